The largest absolute Gasteiger partial charge is 0.463 e. The van der Waals surface area contributed by atoms with Gasteiger partial charge in [0.15, 0.2) is 43.2 Å². The number of esters is 5. The number of nitrogens with one attached hydrogen (secondary N) is 1. The quantitative estimate of drug-likeness (QED) is 0.0438. The molecule has 0 saturated carbocycles. The highest BCUT2D eigenvalue weighted by Crippen LogP contribution is 2.45. The Morgan fingerprint density at radius 3 is 1.99 bits per heavy atom. The molecule has 3 aliphatic heterocycles. The number of amides is 1. The number of hydrogen-bond donors (Lipinski definition) is 1. The maximum absolute atomic E-state index is 13.7. The lowest BCUT2D eigenvalue weighted by Crippen LogP contribution is -2.67. The van der Waals surface area contributed by atoms with Gasteiger partial charge in [-0.05, 0) is 34.7 Å². The van der Waals surface area contributed by atoms with E-state index in [1.807, 2.05) is 48.5 Å². The molecule has 3 heterocycles. The minimum atomic E-state index is -1.78. The highest BCUT2D eigenvalue weighted by molar-refractivity contribution is 5.82. The van der Waals surface area contributed by atoms with Gasteiger partial charge >= 0.3 is 35.9 Å². The number of rotatable bonds is 18. The molecule has 4 aliphatic rings. The summed E-state index contributed by atoms with van der Waals surface area (Å²) in [5, 5.41) is 6.58. The maximum Gasteiger partial charge on any atom is 0.407 e. The Bertz CT molecular complexity index is 2420. The van der Waals surface area contributed by atoms with Gasteiger partial charge in [0.05, 0.1) is 12.7 Å². The molecule has 0 radical (unpaired) electrons. The molecule has 0 aromatic heterocycles. The van der Waals surface area contributed by atoms with Gasteiger partial charge in [-0.3, -0.25) is 19.2 Å². The Morgan fingerprint density at radius 2 is 1.37 bits per heavy atom. The molecule has 1 aliphatic carbocycles. The van der Waals surface area contributed by atoms with Crippen molar-refractivity contribution in [2.45, 2.75) is 120 Å². The number of alkyl carbamates (subject to hydrolysis) is 1. The molecule has 1 amide bonds. The Balaban J connectivity index is 1.20. The minimum Gasteiger partial charge on any atom is -0.463 e. The van der Waals surface area contributed by atoms with Gasteiger partial charge in [0.1, 0.15) is 50.3 Å². The lowest BCUT2D eigenvalue weighted by Gasteiger charge is -2.51. The SMILES string of the molecule is C=CCOC(=O)[C@@H](NC(=O)OCC1c2ccccc2-c2ccccc21)[C@@H](C)O[C@H]1O[C@@H]2CO[C@H](c3ccccc3)O[C@@H]2[C@H](O[C@@H]2O[C@H](COC(C)=O)[C@H](OC(C)=O)[C@H](OC(C)=O)[C@H]2OC(C)=O)[C@H]1N=[N+]=[N-]. The average molecular weight is 987 g/mol. The smallest absolute Gasteiger partial charge is 0.407 e. The minimum absolute atomic E-state index is 0.0838. The van der Waals surface area contributed by atoms with Crippen LogP contribution >= 0.6 is 0 Å². The lowest BCUT2D eigenvalue weighted by atomic mass is 9.94. The fourth-order valence-corrected chi connectivity index (χ4v) is 8.90. The first-order valence-corrected chi connectivity index (χ1v) is 22.7. The summed E-state index contributed by atoms with van der Waals surface area (Å²) in [6.07, 6.45) is -15.5. The summed E-state index contributed by atoms with van der Waals surface area (Å²) < 4.78 is 71.5. The van der Waals surface area contributed by atoms with Crippen LogP contribution in [0.1, 0.15) is 63.5 Å². The summed E-state index contributed by atoms with van der Waals surface area (Å²) in [4.78, 5) is 80.4. The van der Waals surface area contributed by atoms with E-state index in [0.717, 1.165) is 49.9 Å². The number of ether oxygens (including phenoxy) is 12. The summed E-state index contributed by atoms with van der Waals surface area (Å²) in [5.41, 5.74) is 14.6. The van der Waals surface area contributed by atoms with Crippen LogP contribution in [0.2, 0.25) is 0 Å². The van der Waals surface area contributed by atoms with Gasteiger partial charge in [-0.2, -0.15) is 0 Å². The molecule has 22 nitrogen and oxygen atoms in total. The van der Waals surface area contributed by atoms with Crippen molar-refractivity contribution >= 4 is 35.9 Å². The molecule has 3 fully saturated rings. The van der Waals surface area contributed by atoms with Crippen LogP contribution in [0.4, 0.5) is 4.79 Å². The molecule has 13 atom stereocenters. The second-order valence-electron chi connectivity index (χ2n) is 16.8. The van der Waals surface area contributed by atoms with Gasteiger partial charge < -0.3 is 62.2 Å². The van der Waals surface area contributed by atoms with Crippen molar-refractivity contribution in [3.8, 4) is 11.1 Å². The third-order valence-electron chi connectivity index (χ3n) is 11.8. The number of nitrogens with zero attached hydrogens (tertiary/aromatic N) is 3. The van der Waals surface area contributed by atoms with Crippen molar-refractivity contribution in [3.05, 3.63) is 119 Å². The highest BCUT2D eigenvalue weighted by Gasteiger charge is 2.58. The molecule has 378 valence electrons. The molecule has 3 aromatic rings. The fourth-order valence-electron chi connectivity index (χ4n) is 8.90. The van der Waals surface area contributed by atoms with Crippen LogP contribution in [0.5, 0.6) is 0 Å². The van der Waals surface area contributed by atoms with E-state index in [-0.39, 0.29) is 25.7 Å². The molecule has 71 heavy (non-hydrogen) atoms. The first kappa shape index (κ1) is 51.9. The van der Waals surface area contributed by atoms with E-state index in [2.05, 4.69) is 21.9 Å². The van der Waals surface area contributed by atoms with Crippen LogP contribution in [0.25, 0.3) is 21.6 Å². The molecule has 7 rings (SSSR count). The van der Waals surface area contributed by atoms with Gasteiger partial charge in [0.2, 0.25) is 0 Å². The van der Waals surface area contributed by atoms with Crippen molar-refractivity contribution < 1.29 is 85.6 Å². The first-order valence-electron chi connectivity index (χ1n) is 22.7. The van der Waals surface area contributed by atoms with E-state index in [1.165, 1.54) is 13.0 Å². The van der Waals surface area contributed by atoms with Crippen LogP contribution in [-0.4, -0.2) is 136 Å². The second kappa shape index (κ2) is 23.8. The number of carbonyl (C=O) groups excluding carboxylic acids is 6. The van der Waals surface area contributed by atoms with Crippen molar-refractivity contribution in [1.29, 1.82) is 0 Å². The zero-order chi connectivity index (χ0) is 50.8. The molecule has 3 aromatic carbocycles. The average Bonchev–Trinajstić information content (AvgIpc) is 3.66. The van der Waals surface area contributed by atoms with E-state index < -0.39 is 122 Å². The zero-order valence-electron chi connectivity index (χ0n) is 39.4. The van der Waals surface area contributed by atoms with E-state index in [9.17, 15) is 34.3 Å². The van der Waals surface area contributed by atoms with Crippen LogP contribution in [-0.2, 0) is 80.8 Å². The fraction of sp³-hybridized carbons (Fsp3) is 0.469. The van der Waals surface area contributed by atoms with Crippen LogP contribution < -0.4 is 5.32 Å². The summed E-state index contributed by atoms with van der Waals surface area (Å²) >= 11 is 0. The summed E-state index contributed by atoms with van der Waals surface area (Å²) in [7, 11) is 0. The van der Waals surface area contributed by atoms with Crippen LogP contribution in [0, 0.1) is 0 Å². The normalized spacial score (nSPS) is 27.3. The number of carbonyl (C=O) groups is 6. The topological polar surface area (TPSA) is 274 Å². The van der Waals surface area contributed by atoms with E-state index >= 15 is 0 Å². The van der Waals surface area contributed by atoms with Gasteiger partial charge in [0, 0.05) is 44.1 Å². The Kier molecular flexibility index (Phi) is 17.4. The van der Waals surface area contributed by atoms with Crippen molar-refractivity contribution in [1.82, 2.24) is 5.32 Å². The number of benzene rings is 3. The van der Waals surface area contributed by atoms with Crippen LogP contribution in [0.15, 0.2) is 96.6 Å². The summed E-state index contributed by atoms with van der Waals surface area (Å²) in [6.45, 7) is 8.29. The zero-order valence-corrected chi connectivity index (χ0v) is 39.4. The van der Waals surface area contributed by atoms with Crippen LogP contribution in [0.3, 0.4) is 0 Å². The van der Waals surface area contributed by atoms with Gasteiger partial charge in [-0.25, -0.2) is 9.59 Å². The van der Waals surface area contributed by atoms with Crippen molar-refractivity contribution in [3.63, 3.8) is 0 Å². The molecule has 0 bridgehead atoms. The van der Waals surface area contributed by atoms with E-state index in [0.29, 0.717) is 5.56 Å². The molecule has 1 N–H and O–H groups in total. The Morgan fingerprint density at radius 1 is 0.746 bits per heavy atom. The van der Waals surface area contributed by atoms with Gasteiger partial charge in [0.25, 0.3) is 0 Å². The van der Waals surface area contributed by atoms with E-state index in [1.54, 1.807) is 30.3 Å². The monoisotopic (exact) mass is 986 g/mol. The Hall–Kier alpha value is -6.91. The number of hydrogen-bond acceptors (Lipinski definition) is 19. The molecule has 0 unspecified atom stereocenters. The van der Waals surface area contributed by atoms with Crippen molar-refractivity contribution in [2.75, 3.05) is 26.4 Å². The van der Waals surface area contributed by atoms with E-state index in [4.69, 9.17) is 56.8 Å². The number of azide groups is 1. The van der Waals surface area contributed by atoms with Gasteiger partial charge in [-0.1, -0.05) is 96.6 Å². The van der Waals surface area contributed by atoms with Crippen molar-refractivity contribution in [2.24, 2.45) is 5.11 Å². The predicted molar refractivity (Wildman–Crippen MR) is 242 cm³/mol. The van der Waals surface area contributed by atoms with Gasteiger partial charge in [-0.15, -0.1) is 0 Å². The lowest BCUT2D eigenvalue weighted by molar-refractivity contribution is -0.379. The Labute approximate surface area is 407 Å². The third-order valence-corrected chi connectivity index (χ3v) is 11.8. The standard InChI is InChI=1S/C49H54N4O18/c1-7-21-60-45(58)38(51-49(59)63-22-35-33-19-13-11-17-31(33)32-18-12-14-20-34(32)35)25(2)64-47-39(52-53-50)42(40-37(68-47)24-62-46(70-40)30-15-9-8-10-16-30)71-48-44(67-29(6)57)43(66-28(5)56)41(65-27(4)55)36(69-48)23-61-26(3)54/h7-20,25,35-44,46-48H,1,21-24H2,2-6H3,(H,51,59)/t25-,36-,37-,38+,39-,40+,41+,42-,43+,44-,46+,47+,48+/m1/s1. The second-order valence-corrected chi connectivity index (χ2v) is 16.8. The highest BCUT2D eigenvalue weighted by atomic mass is 16.8. The molecule has 3 saturated heterocycles. The molecule has 22 heteroatoms. The summed E-state index contributed by atoms with van der Waals surface area (Å²) in [6, 6.07) is 21.2. The molecular weight excluding hydrogens is 933 g/mol. The third kappa shape index (κ3) is 12.5. The predicted octanol–water partition coefficient (Wildman–Crippen LogP) is 5.01. The molecule has 0 spiro atoms. The summed E-state index contributed by atoms with van der Waals surface area (Å²) in [5.74, 6) is -4.63. The maximum atomic E-state index is 13.7. The number of fused-ring (bicyclic) bond motifs is 4. The first-order chi connectivity index (χ1) is 34.2. The molecular formula is C49H54N4O18.